The number of amides is 2. The maximum absolute atomic E-state index is 11.8. The van der Waals surface area contributed by atoms with Gasteiger partial charge >= 0.3 is 6.03 Å². The van der Waals surface area contributed by atoms with Crippen molar-refractivity contribution < 1.29 is 4.79 Å². The molecular weight excluding hydrogens is 236 g/mol. The van der Waals surface area contributed by atoms with Crippen molar-refractivity contribution in [1.82, 2.24) is 10.2 Å². The van der Waals surface area contributed by atoms with E-state index >= 15 is 0 Å². The quantitative estimate of drug-likeness (QED) is 0.886. The van der Waals surface area contributed by atoms with Crippen molar-refractivity contribution in [1.29, 1.82) is 0 Å². The third kappa shape index (κ3) is 4.27. The number of hydrogen-bond donors (Lipinski definition) is 1. The predicted octanol–water partition coefficient (Wildman–Crippen LogP) is 3.06. The van der Waals surface area contributed by atoms with E-state index in [-0.39, 0.29) is 6.03 Å². The zero-order valence-corrected chi connectivity index (χ0v) is 11.8. The van der Waals surface area contributed by atoms with Gasteiger partial charge in [-0.05, 0) is 44.1 Å². The number of piperidine rings is 1. The molecule has 19 heavy (non-hydrogen) atoms. The number of rotatable bonds is 4. The largest absolute Gasteiger partial charge is 0.338 e. The first-order valence-corrected chi connectivity index (χ1v) is 7.36. The van der Waals surface area contributed by atoms with Gasteiger partial charge in [-0.3, -0.25) is 0 Å². The number of urea groups is 1. The molecule has 1 aliphatic rings. The van der Waals surface area contributed by atoms with Gasteiger partial charge in [-0.25, -0.2) is 4.79 Å². The molecule has 0 radical (unpaired) electrons. The Bertz CT molecular complexity index is 391. The first kappa shape index (κ1) is 13.9. The molecule has 1 atom stereocenters. The van der Waals surface area contributed by atoms with Crippen LogP contribution in [0.25, 0.3) is 0 Å². The van der Waals surface area contributed by atoms with Crippen LogP contribution in [0.3, 0.4) is 0 Å². The van der Waals surface area contributed by atoms with Gasteiger partial charge in [0.15, 0.2) is 0 Å². The molecule has 1 heterocycles. The predicted molar refractivity (Wildman–Crippen MR) is 78.1 cm³/mol. The second-order valence-electron chi connectivity index (χ2n) is 5.31. The summed E-state index contributed by atoms with van der Waals surface area (Å²) in [7, 11) is 0. The number of likely N-dealkylation sites (tertiary alicyclic amines) is 1. The van der Waals surface area contributed by atoms with E-state index in [1.807, 2.05) is 11.8 Å². The molecule has 104 valence electrons. The molecule has 0 saturated carbocycles. The van der Waals surface area contributed by atoms with Crippen molar-refractivity contribution >= 4 is 6.03 Å². The summed E-state index contributed by atoms with van der Waals surface area (Å²) in [5, 5.41) is 2.90. The Morgan fingerprint density at radius 3 is 2.89 bits per heavy atom. The molecule has 2 amide bonds. The number of benzene rings is 1. The van der Waals surface area contributed by atoms with E-state index < -0.39 is 0 Å². The van der Waals surface area contributed by atoms with Crippen LogP contribution >= 0.6 is 0 Å². The van der Waals surface area contributed by atoms with Crippen molar-refractivity contribution in [3.05, 3.63) is 35.9 Å². The lowest BCUT2D eigenvalue weighted by atomic mass is 9.92. The number of nitrogens with zero attached hydrogens (tertiary/aromatic N) is 1. The third-order valence-corrected chi connectivity index (χ3v) is 3.82. The second kappa shape index (κ2) is 7.17. The van der Waals surface area contributed by atoms with Crippen LogP contribution in [-0.4, -0.2) is 30.6 Å². The van der Waals surface area contributed by atoms with Crippen molar-refractivity contribution in [3.63, 3.8) is 0 Å². The molecule has 0 unspecified atom stereocenters. The summed E-state index contributed by atoms with van der Waals surface area (Å²) < 4.78 is 0. The van der Waals surface area contributed by atoms with Gasteiger partial charge in [-0.2, -0.15) is 0 Å². The zero-order valence-electron chi connectivity index (χ0n) is 11.8. The van der Waals surface area contributed by atoms with Crippen LogP contribution in [0, 0.1) is 5.92 Å². The van der Waals surface area contributed by atoms with Gasteiger partial charge in [0.25, 0.3) is 0 Å². The molecule has 2 rings (SSSR count). The fourth-order valence-corrected chi connectivity index (χ4v) is 2.76. The number of hydrogen-bond acceptors (Lipinski definition) is 1. The number of nitrogens with one attached hydrogen (secondary N) is 1. The monoisotopic (exact) mass is 260 g/mol. The van der Waals surface area contributed by atoms with Crippen LogP contribution in [0.4, 0.5) is 4.79 Å². The molecule has 1 N–H and O–H groups in total. The lowest BCUT2D eigenvalue weighted by Crippen LogP contribution is -2.45. The topological polar surface area (TPSA) is 32.3 Å². The Morgan fingerprint density at radius 2 is 2.16 bits per heavy atom. The van der Waals surface area contributed by atoms with Gasteiger partial charge in [0.1, 0.15) is 0 Å². The first-order chi connectivity index (χ1) is 9.29. The van der Waals surface area contributed by atoms with Crippen molar-refractivity contribution in [3.8, 4) is 0 Å². The average Bonchev–Trinajstić information content (AvgIpc) is 2.47. The summed E-state index contributed by atoms with van der Waals surface area (Å²) in [4.78, 5) is 13.8. The van der Waals surface area contributed by atoms with Crippen LogP contribution in [0.5, 0.6) is 0 Å². The second-order valence-corrected chi connectivity index (χ2v) is 5.31. The summed E-state index contributed by atoms with van der Waals surface area (Å²) >= 11 is 0. The normalized spacial score (nSPS) is 19.2. The minimum atomic E-state index is 0.104. The maximum Gasteiger partial charge on any atom is 0.317 e. The van der Waals surface area contributed by atoms with Gasteiger partial charge in [0.2, 0.25) is 0 Å². The minimum absolute atomic E-state index is 0.104. The SMILES string of the molecule is CCNC(=O)N1CCC[C@H](CCc2ccccc2)C1. The average molecular weight is 260 g/mol. The van der Waals surface area contributed by atoms with Crippen LogP contribution in [-0.2, 0) is 6.42 Å². The van der Waals surface area contributed by atoms with Gasteiger partial charge in [-0.1, -0.05) is 30.3 Å². The molecule has 3 heteroatoms. The molecule has 0 aromatic heterocycles. The van der Waals surface area contributed by atoms with Gasteiger partial charge < -0.3 is 10.2 Å². The van der Waals surface area contributed by atoms with Crippen LogP contribution in [0.2, 0.25) is 0 Å². The number of aryl methyl sites for hydroxylation is 1. The van der Waals surface area contributed by atoms with E-state index in [1.165, 1.54) is 18.4 Å². The molecule has 1 aromatic carbocycles. The summed E-state index contributed by atoms with van der Waals surface area (Å²) in [6.07, 6.45) is 4.69. The highest BCUT2D eigenvalue weighted by Crippen LogP contribution is 2.21. The Hall–Kier alpha value is -1.51. The van der Waals surface area contributed by atoms with E-state index in [1.54, 1.807) is 0 Å². The fourth-order valence-electron chi connectivity index (χ4n) is 2.76. The van der Waals surface area contributed by atoms with Gasteiger partial charge in [0.05, 0.1) is 0 Å². The molecular formula is C16H24N2O. The highest BCUT2D eigenvalue weighted by molar-refractivity contribution is 5.74. The standard InChI is InChI=1S/C16H24N2O/c1-2-17-16(19)18-12-6-9-15(13-18)11-10-14-7-4-3-5-8-14/h3-5,7-8,15H,2,6,9-13H2,1H3,(H,17,19)/t15-/m1/s1. The Kier molecular flexibility index (Phi) is 5.25. The zero-order chi connectivity index (χ0) is 13.5. The van der Waals surface area contributed by atoms with E-state index in [0.717, 1.165) is 25.9 Å². The summed E-state index contributed by atoms with van der Waals surface area (Å²) in [6, 6.07) is 10.7. The molecule has 1 fully saturated rings. The number of carbonyl (C=O) groups is 1. The lowest BCUT2D eigenvalue weighted by Gasteiger charge is -2.32. The van der Waals surface area contributed by atoms with Crippen molar-refractivity contribution in [2.24, 2.45) is 5.92 Å². The molecule has 1 aliphatic heterocycles. The summed E-state index contributed by atoms with van der Waals surface area (Å²) in [6.45, 7) is 4.51. The molecule has 1 saturated heterocycles. The summed E-state index contributed by atoms with van der Waals surface area (Å²) in [5.41, 5.74) is 1.40. The highest BCUT2D eigenvalue weighted by Gasteiger charge is 2.22. The summed E-state index contributed by atoms with van der Waals surface area (Å²) in [5.74, 6) is 0.650. The van der Waals surface area contributed by atoms with Crippen molar-refractivity contribution in [2.45, 2.75) is 32.6 Å². The smallest absolute Gasteiger partial charge is 0.317 e. The molecule has 0 bridgehead atoms. The van der Waals surface area contributed by atoms with Gasteiger partial charge in [-0.15, -0.1) is 0 Å². The third-order valence-electron chi connectivity index (χ3n) is 3.82. The Balaban J connectivity index is 1.79. The highest BCUT2D eigenvalue weighted by atomic mass is 16.2. The van der Waals surface area contributed by atoms with Gasteiger partial charge in [0, 0.05) is 19.6 Å². The van der Waals surface area contributed by atoms with Crippen LogP contribution in [0.1, 0.15) is 31.7 Å². The fraction of sp³-hybridized carbons (Fsp3) is 0.562. The lowest BCUT2D eigenvalue weighted by molar-refractivity contribution is 0.163. The van der Waals surface area contributed by atoms with Crippen molar-refractivity contribution in [2.75, 3.05) is 19.6 Å². The van der Waals surface area contributed by atoms with E-state index in [2.05, 4.69) is 35.6 Å². The van der Waals surface area contributed by atoms with E-state index in [9.17, 15) is 4.79 Å². The van der Waals surface area contributed by atoms with E-state index in [4.69, 9.17) is 0 Å². The minimum Gasteiger partial charge on any atom is -0.338 e. The van der Waals surface area contributed by atoms with Crippen LogP contribution < -0.4 is 5.32 Å². The van der Waals surface area contributed by atoms with E-state index in [0.29, 0.717) is 12.5 Å². The number of carbonyl (C=O) groups excluding carboxylic acids is 1. The molecule has 1 aromatic rings. The Labute approximate surface area is 116 Å². The first-order valence-electron chi connectivity index (χ1n) is 7.36. The molecule has 3 nitrogen and oxygen atoms in total. The maximum atomic E-state index is 11.8. The van der Waals surface area contributed by atoms with Crippen LogP contribution in [0.15, 0.2) is 30.3 Å². The Morgan fingerprint density at radius 1 is 1.37 bits per heavy atom. The molecule has 0 aliphatic carbocycles. The molecule has 0 spiro atoms.